The molecule has 104 valence electrons. The van der Waals surface area contributed by atoms with Crippen molar-refractivity contribution in [1.82, 2.24) is 9.88 Å². The van der Waals surface area contributed by atoms with Crippen molar-refractivity contribution in [1.29, 1.82) is 0 Å². The number of amides is 1. The van der Waals surface area contributed by atoms with Crippen LogP contribution in [0.5, 0.6) is 0 Å². The van der Waals surface area contributed by atoms with Crippen LogP contribution in [0.4, 0.5) is 0 Å². The summed E-state index contributed by atoms with van der Waals surface area (Å²) in [4.78, 5) is 27.3. The summed E-state index contributed by atoms with van der Waals surface area (Å²) in [5.41, 5.74) is 6.42. The maximum absolute atomic E-state index is 11.3. The van der Waals surface area contributed by atoms with Crippen molar-refractivity contribution < 1.29 is 4.79 Å². The molecule has 19 heavy (non-hydrogen) atoms. The first kappa shape index (κ1) is 13.8. The number of pyridine rings is 1. The van der Waals surface area contributed by atoms with Gasteiger partial charge in [0.05, 0.1) is 6.04 Å². The van der Waals surface area contributed by atoms with Crippen LogP contribution >= 0.6 is 0 Å². The van der Waals surface area contributed by atoms with E-state index in [0.29, 0.717) is 11.8 Å². The van der Waals surface area contributed by atoms with Crippen LogP contribution in [-0.2, 0) is 4.79 Å². The van der Waals surface area contributed by atoms with Gasteiger partial charge in [-0.1, -0.05) is 13.0 Å². The Labute approximate surface area is 112 Å². The highest BCUT2D eigenvalue weighted by Gasteiger charge is 2.30. The molecule has 0 aliphatic carbocycles. The Morgan fingerprint density at radius 3 is 2.79 bits per heavy atom. The molecule has 1 saturated heterocycles. The third kappa shape index (κ3) is 3.23. The molecule has 2 rings (SSSR count). The minimum Gasteiger partial charge on any atom is -0.368 e. The predicted molar refractivity (Wildman–Crippen MR) is 73.8 cm³/mol. The van der Waals surface area contributed by atoms with Crippen LogP contribution in [0.25, 0.3) is 0 Å². The van der Waals surface area contributed by atoms with E-state index >= 15 is 0 Å². The SMILES string of the molecule is CC1CC(c2ccc(=O)[nH]c2)CN(C(C)C(N)=O)C1. The van der Waals surface area contributed by atoms with E-state index in [9.17, 15) is 9.59 Å². The molecule has 0 aromatic carbocycles. The Balaban J connectivity index is 2.15. The molecule has 1 amide bonds. The van der Waals surface area contributed by atoms with E-state index in [-0.39, 0.29) is 17.5 Å². The van der Waals surface area contributed by atoms with Crippen LogP contribution in [0.15, 0.2) is 23.1 Å². The van der Waals surface area contributed by atoms with Crippen molar-refractivity contribution in [2.45, 2.75) is 32.2 Å². The zero-order valence-electron chi connectivity index (χ0n) is 11.4. The summed E-state index contributed by atoms with van der Waals surface area (Å²) in [6.07, 6.45) is 2.84. The number of hydrogen-bond donors (Lipinski definition) is 2. The molecule has 1 aromatic heterocycles. The summed E-state index contributed by atoms with van der Waals surface area (Å²) in [6, 6.07) is 3.18. The highest BCUT2D eigenvalue weighted by Crippen LogP contribution is 2.30. The van der Waals surface area contributed by atoms with Gasteiger partial charge in [-0.2, -0.15) is 0 Å². The van der Waals surface area contributed by atoms with Crippen LogP contribution in [0.1, 0.15) is 31.7 Å². The largest absolute Gasteiger partial charge is 0.368 e. The minimum absolute atomic E-state index is 0.0880. The molecule has 1 aromatic rings. The Morgan fingerprint density at radius 1 is 1.47 bits per heavy atom. The Bertz CT molecular complexity index is 491. The Hall–Kier alpha value is -1.62. The molecular weight excluding hydrogens is 242 g/mol. The van der Waals surface area contributed by atoms with E-state index in [0.717, 1.165) is 25.1 Å². The molecular formula is C14H21N3O2. The van der Waals surface area contributed by atoms with Crippen LogP contribution in [0.3, 0.4) is 0 Å². The quantitative estimate of drug-likeness (QED) is 0.841. The van der Waals surface area contributed by atoms with Crippen LogP contribution in [0, 0.1) is 5.92 Å². The van der Waals surface area contributed by atoms with Crippen molar-refractivity contribution in [2.75, 3.05) is 13.1 Å². The van der Waals surface area contributed by atoms with Crippen molar-refractivity contribution in [3.05, 3.63) is 34.2 Å². The summed E-state index contributed by atoms with van der Waals surface area (Å²) in [5, 5.41) is 0. The van der Waals surface area contributed by atoms with Gasteiger partial charge >= 0.3 is 0 Å². The maximum atomic E-state index is 11.3. The zero-order chi connectivity index (χ0) is 14.0. The number of nitrogens with one attached hydrogen (secondary N) is 1. The number of likely N-dealkylation sites (tertiary alicyclic amines) is 1. The normalized spacial score (nSPS) is 26.0. The number of carbonyl (C=O) groups is 1. The van der Waals surface area contributed by atoms with Gasteiger partial charge in [0.15, 0.2) is 0 Å². The van der Waals surface area contributed by atoms with Gasteiger partial charge in [-0.25, -0.2) is 0 Å². The third-order valence-electron chi connectivity index (χ3n) is 3.93. The van der Waals surface area contributed by atoms with E-state index in [1.807, 2.05) is 13.0 Å². The van der Waals surface area contributed by atoms with Crippen LogP contribution < -0.4 is 11.3 Å². The van der Waals surface area contributed by atoms with Gasteiger partial charge in [-0.05, 0) is 30.7 Å². The topological polar surface area (TPSA) is 79.2 Å². The average molecular weight is 263 g/mol. The molecule has 1 aliphatic heterocycles. The lowest BCUT2D eigenvalue weighted by Crippen LogP contribution is -2.49. The molecule has 1 aliphatic rings. The fourth-order valence-electron chi connectivity index (χ4n) is 2.81. The van der Waals surface area contributed by atoms with Crippen molar-refractivity contribution in [3.8, 4) is 0 Å². The van der Waals surface area contributed by atoms with E-state index in [4.69, 9.17) is 5.73 Å². The highest BCUT2D eigenvalue weighted by atomic mass is 16.1. The van der Waals surface area contributed by atoms with E-state index in [1.165, 1.54) is 0 Å². The van der Waals surface area contributed by atoms with Gasteiger partial charge in [-0.15, -0.1) is 0 Å². The molecule has 5 nitrogen and oxygen atoms in total. The fraction of sp³-hybridized carbons (Fsp3) is 0.571. The number of aromatic nitrogens is 1. The van der Waals surface area contributed by atoms with Gasteiger partial charge in [0.2, 0.25) is 11.5 Å². The molecule has 5 heteroatoms. The first-order valence-corrected chi connectivity index (χ1v) is 6.69. The molecule has 0 spiro atoms. The molecule has 1 fully saturated rings. The van der Waals surface area contributed by atoms with Crippen LogP contribution in [-0.4, -0.2) is 34.9 Å². The van der Waals surface area contributed by atoms with Crippen molar-refractivity contribution in [3.63, 3.8) is 0 Å². The van der Waals surface area contributed by atoms with E-state index < -0.39 is 0 Å². The maximum Gasteiger partial charge on any atom is 0.247 e. The second-order valence-corrected chi connectivity index (χ2v) is 5.56. The van der Waals surface area contributed by atoms with Gasteiger partial charge in [0.25, 0.3) is 0 Å². The van der Waals surface area contributed by atoms with E-state index in [1.54, 1.807) is 12.3 Å². The van der Waals surface area contributed by atoms with Gasteiger partial charge in [-0.3, -0.25) is 14.5 Å². The molecule has 3 unspecified atom stereocenters. The number of primary amides is 1. The highest BCUT2D eigenvalue weighted by molar-refractivity contribution is 5.79. The minimum atomic E-state index is -0.283. The molecule has 0 bridgehead atoms. The number of aromatic amines is 1. The molecule has 3 N–H and O–H groups in total. The van der Waals surface area contributed by atoms with E-state index in [2.05, 4.69) is 16.8 Å². The Morgan fingerprint density at radius 2 is 2.21 bits per heavy atom. The zero-order valence-corrected chi connectivity index (χ0v) is 11.4. The first-order chi connectivity index (χ1) is 8.97. The smallest absolute Gasteiger partial charge is 0.247 e. The average Bonchev–Trinajstić information content (AvgIpc) is 2.37. The molecule has 2 heterocycles. The summed E-state index contributed by atoms with van der Waals surface area (Å²) >= 11 is 0. The number of nitrogens with two attached hydrogens (primary N) is 1. The number of H-pyrrole nitrogens is 1. The number of hydrogen-bond acceptors (Lipinski definition) is 3. The second-order valence-electron chi connectivity index (χ2n) is 5.56. The van der Waals surface area contributed by atoms with Gasteiger partial charge in [0, 0.05) is 25.4 Å². The van der Waals surface area contributed by atoms with Gasteiger partial charge < -0.3 is 10.7 Å². The first-order valence-electron chi connectivity index (χ1n) is 6.69. The second kappa shape index (κ2) is 5.57. The third-order valence-corrected chi connectivity index (χ3v) is 3.93. The van der Waals surface area contributed by atoms with Gasteiger partial charge in [0.1, 0.15) is 0 Å². The monoisotopic (exact) mass is 263 g/mol. The Kier molecular flexibility index (Phi) is 4.04. The number of rotatable bonds is 3. The van der Waals surface area contributed by atoms with Crippen molar-refractivity contribution >= 4 is 5.91 Å². The summed E-state index contributed by atoms with van der Waals surface area (Å²) in [7, 11) is 0. The summed E-state index contributed by atoms with van der Waals surface area (Å²) in [6.45, 7) is 5.73. The molecule has 0 radical (unpaired) electrons. The molecule has 0 saturated carbocycles. The van der Waals surface area contributed by atoms with Crippen LogP contribution in [0.2, 0.25) is 0 Å². The van der Waals surface area contributed by atoms with Crippen molar-refractivity contribution in [2.24, 2.45) is 11.7 Å². The summed E-state index contributed by atoms with van der Waals surface area (Å²) < 4.78 is 0. The molecule has 3 atom stereocenters. The summed E-state index contributed by atoms with van der Waals surface area (Å²) in [5.74, 6) is 0.559. The predicted octanol–water partition coefficient (Wildman–Crippen LogP) is 0.674. The number of piperidine rings is 1. The lowest BCUT2D eigenvalue weighted by atomic mass is 9.85. The lowest BCUT2D eigenvalue weighted by Gasteiger charge is -2.39. The lowest BCUT2D eigenvalue weighted by molar-refractivity contribution is -0.123. The standard InChI is InChI=1S/C14H21N3O2/c1-9-5-12(11-3-4-13(18)16-6-11)8-17(7-9)10(2)14(15)19/h3-4,6,9-10,12H,5,7-8H2,1-2H3,(H2,15,19)(H,16,18). The number of nitrogens with zero attached hydrogens (tertiary/aromatic N) is 1. The fourth-order valence-corrected chi connectivity index (χ4v) is 2.81. The number of carbonyl (C=O) groups excluding carboxylic acids is 1.